The molecule has 0 aromatic heterocycles. The smallest absolute Gasteiger partial charge is 0.254 e. The molecule has 0 saturated carbocycles. The van der Waals surface area contributed by atoms with Crippen LogP contribution in [-0.4, -0.2) is 30.8 Å². The predicted octanol–water partition coefficient (Wildman–Crippen LogP) is 4.75. The van der Waals surface area contributed by atoms with Crippen LogP contribution in [0.3, 0.4) is 0 Å². The Kier molecular flexibility index (Phi) is 7.26. The maximum Gasteiger partial charge on any atom is 0.254 e. The van der Waals surface area contributed by atoms with Crippen LogP contribution in [-0.2, 0) is 0 Å². The molecule has 3 aromatic carbocycles. The third-order valence-corrected chi connectivity index (χ3v) is 4.71. The van der Waals surface area contributed by atoms with Gasteiger partial charge in [-0.3, -0.25) is 4.79 Å². The minimum Gasteiger partial charge on any atom is -0.497 e. The van der Waals surface area contributed by atoms with Crippen LogP contribution in [0.15, 0.2) is 66.7 Å². The van der Waals surface area contributed by atoms with Gasteiger partial charge in [-0.1, -0.05) is 30.3 Å². The Labute approximate surface area is 181 Å². The highest BCUT2D eigenvalue weighted by atomic mass is 19.1. The van der Waals surface area contributed by atoms with E-state index in [2.05, 4.69) is 5.32 Å². The van der Waals surface area contributed by atoms with Gasteiger partial charge in [-0.05, 0) is 66.9 Å². The predicted molar refractivity (Wildman–Crippen MR) is 118 cm³/mol. The standard InChI is InChI=1S/C25H26FNO4/c1-16(2)31-21-6-4-5-19(13-21)24(28)15-27-25(29)22-12-9-18(14-23(22)26)17-7-10-20(30-3)11-8-17/h4-14,16,24,28H,15H2,1-3H3,(H,27,29). The van der Waals surface area contributed by atoms with Gasteiger partial charge in [0.25, 0.3) is 5.91 Å². The van der Waals surface area contributed by atoms with E-state index in [0.717, 1.165) is 5.56 Å². The number of hydrogen-bond donors (Lipinski definition) is 2. The first-order chi connectivity index (χ1) is 14.9. The molecule has 162 valence electrons. The van der Waals surface area contributed by atoms with Crippen LogP contribution in [0.4, 0.5) is 4.39 Å². The van der Waals surface area contributed by atoms with Crippen LogP contribution in [0.1, 0.15) is 35.9 Å². The molecule has 0 aliphatic rings. The lowest BCUT2D eigenvalue weighted by Gasteiger charge is -2.15. The number of aliphatic hydroxyl groups is 1. The molecule has 3 aromatic rings. The van der Waals surface area contributed by atoms with Gasteiger partial charge in [0.1, 0.15) is 17.3 Å². The van der Waals surface area contributed by atoms with Crippen molar-refractivity contribution in [2.75, 3.05) is 13.7 Å². The second kappa shape index (κ2) is 10.1. The number of benzene rings is 3. The molecule has 0 spiro atoms. The number of aliphatic hydroxyl groups excluding tert-OH is 1. The van der Waals surface area contributed by atoms with Gasteiger partial charge in [0.2, 0.25) is 0 Å². The highest BCUT2D eigenvalue weighted by Gasteiger charge is 2.16. The van der Waals surface area contributed by atoms with Crippen molar-refractivity contribution in [2.45, 2.75) is 26.1 Å². The first-order valence-corrected chi connectivity index (χ1v) is 10.0. The fourth-order valence-electron chi connectivity index (χ4n) is 3.13. The number of nitrogens with one attached hydrogen (secondary N) is 1. The van der Waals surface area contributed by atoms with E-state index in [-0.39, 0.29) is 18.2 Å². The van der Waals surface area contributed by atoms with Crippen molar-refractivity contribution >= 4 is 5.91 Å². The van der Waals surface area contributed by atoms with E-state index in [1.807, 2.05) is 26.0 Å². The fourth-order valence-corrected chi connectivity index (χ4v) is 3.13. The lowest BCUT2D eigenvalue weighted by Crippen LogP contribution is -2.29. The maximum atomic E-state index is 14.6. The molecule has 0 fully saturated rings. The third kappa shape index (κ3) is 5.83. The van der Waals surface area contributed by atoms with Gasteiger partial charge in [-0.2, -0.15) is 0 Å². The maximum absolute atomic E-state index is 14.6. The number of methoxy groups -OCH3 is 1. The number of carbonyl (C=O) groups excluding carboxylic acids is 1. The van der Waals surface area contributed by atoms with Gasteiger partial charge >= 0.3 is 0 Å². The number of hydrogen-bond acceptors (Lipinski definition) is 4. The van der Waals surface area contributed by atoms with Crippen molar-refractivity contribution in [3.8, 4) is 22.6 Å². The van der Waals surface area contributed by atoms with E-state index in [1.165, 1.54) is 12.1 Å². The number of ether oxygens (including phenoxy) is 2. The summed E-state index contributed by atoms with van der Waals surface area (Å²) in [6, 6.07) is 18.7. The van der Waals surface area contributed by atoms with E-state index in [4.69, 9.17) is 9.47 Å². The number of amides is 1. The zero-order chi connectivity index (χ0) is 22.4. The molecule has 5 nitrogen and oxygen atoms in total. The van der Waals surface area contributed by atoms with Gasteiger partial charge < -0.3 is 19.9 Å². The summed E-state index contributed by atoms with van der Waals surface area (Å²) in [6.07, 6.45) is -0.933. The third-order valence-electron chi connectivity index (χ3n) is 4.71. The van der Waals surface area contributed by atoms with Gasteiger partial charge in [-0.25, -0.2) is 4.39 Å². The largest absolute Gasteiger partial charge is 0.497 e. The Morgan fingerprint density at radius 1 is 1.00 bits per heavy atom. The van der Waals surface area contributed by atoms with Crippen LogP contribution in [0, 0.1) is 5.82 Å². The van der Waals surface area contributed by atoms with E-state index in [9.17, 15) is 14.3 Å². The molecule has 1 atom stereocenters. The van der Waals surface area contributed by atoms with Crippen molar-refractivity contribution in [1.29, 1.82) is 0 Å². The monoisotopic (exact) mass is 423 g/mol. The number of halogens is 1. The first-order valence-electron chi connectivity index (χ1n) is 10.0. The molecular formula is C25H26FNO4. The van der Waals surface area contributed by atoms with E-state index < -0.39 is 17.8 Å². The summed E-state index contributed by atoms with van der Waals surface area (Å²) in [6.45, 7) is 3.78. The Balaban J connectivity index is 1.65. The van der Waals surface area contributed by atoms with Crippen LogP contribution < -0.4 is 14.8 Å². The van der Waals surface area contributed by atoms with Crippen molar-refractivity contribution in [1.82, 2.24) is 5.32 Å². The Morgan fingerprint density at radius 3 is 2.35 bits per heavy atom. The molecule has 0 bridgehead atoms. The minimum atomic E-state index is -0.943. The summed E-state index contributed by atoms with van der Waals surface area (Å²) in [5.74, 6) is 0.123. The van der Waals surface area contributed by atoms with E-state index >= 15 is 0 Å². The van der Waals surface area contributed by atoms with Gasteiger partial charge in [0.15, 0.2) is 0 Å². The van der Waals surface area contributed by atoms with Gasteiger partial charge in [0, 0.05) is 6.54 Å². The highest BCUT2D eigenvalue weighted by molar-refractivity contribution is 5.95. The molecule has 0 radical (unpaired) electrons. The Bertz CT molecular complexity index is 1030. The molecule has 0 aliphatic heterocycles. The lowest BCUT2D eigenvalue weighted by molar-refractivity contribution is 0.0912. The quantitative estimate of drug-likeness (QED) is 0.549. The molecule has 1 amide bonds. The summed E-state index contributed by atoms with van der Waals surface area (Å²) < 4.78 is 25.3. The fraction of sp³-hybridized carbons (Fsp3) is 0.240. The summed E-state index contributed by atoms with van der Waals surface area (Å²) in [7, 11) is 1.58. The second-order valence-electron chi connectivity index (χ2n) is 7.39. The zero-order valence-corrected chi connectivity index (χ0v) is 17.8. The Morgan fingerprint density at radius 2 is 1.71 bits per heavy atom. The molecule has 2 N–H and O–H groups in total. The van der Waals surface area contributed by atoms with Crippen molar-refractivity contribution in [3.05, 3.63) is 83.7 Å². The van der Waals surface area contributed by atoms with E-state index in [0.29, 0.717) is 22.6 Å². The van der Waals surface area contributed by atoms with Gasteiger partial charge in [0.05, 0.1) is 24.9 Å². The minimum absolute atomic E-state index is 0.0101. The van der Waals surface area contributed by atoms with Crippen LogP contribution in [0.2, 0.25) is 0 Å². The normalized spacial score (nSPS) is 11.8. The number of carbonyl (C=O) groups is 1. The average Bonchev–Trinajstić information content (AvgIpc) is 2.77. The second-order valence-corrected chi connectivity index (χ2v) is 7.39. The van der Waals surface area contributed by atoms with Gasteiger partial charge in [-0.15, -0.1) is 0 Å². The Hall–Kier alpha value is -3.38. The van der Waals surface area contributed by atoms with Crippen LogP contribution in [0.5, 0.6) is 11.5 Å². The van der Waals surface area contributed by atoms with Crippen molar-refractivity contribution < 1.29 is 23.8 Å². The molecule has 0 saturated heterocycles. The number of rotatable bonds is 8. The first kappa shape index (κ1) is 22.3. The topological polar surface area (TPSA) is 67.8 Å². The van der Waals surface area contributed by atoms with Crippen molar-refractivity contribution in [2.24, 2.45) is 0 Å². The molecule has 0 aliphatic carbocycles. The molecule has 6 heteroatoms. The molecule has 0 heterocycles. The lowest BCUT2D eigenvalue weighted by atomic mass is 10.0. The molecule has 31 heavy (non-hydrogen) atoms. The summed E-state index contributed by atoms with van der Waals surface area (Å²) in [5.41, 5.74) is 1.99. The summed E-state index contributed by atoms with van der Waals surface area (Å²) in [4.78, 5) is 12.4. The SMILES string of the molecule is COc1ccc(-c2ccc(C(=O)NCC(O)c3cccc(OC(C)C)c3)c(F)c2)cc1. The molecule has 1 unspecified atom stereocenters. The molecular weight excluding hydrogens is 397 g/mol. The van der Waals surface area contributed by atoms with Crippen molar-refractivity contribution in [3.63, 3.8) is 0 Å². The summed E-state index contributed by atoms with van der Waals surface area (Å²) in [5, 5.41) is 13.0. The van der Waals surface area contributed by atoms with E-state index in [1.54, 1.807) is 49.6 Å². The van der Waals surface area contributed by atoms with Crippen LogP contribution >= 0.6 is 0 Å². The summed E-state index contributed by atoms with van der Waals surface area (Å²) >= 11 is 0. The zero-order valence-electron chi connectivity index (χ0n) is 17.8. The van der Waals surface area contributed by atoms with Crippen LogP contribution in [0.25, 0.3) is 11.1 Å². The molecule has 3 rings (SSSR count). The average molecular weight is 423 g/mol. The highest BCUT2D eigenvalue weighted by Crippen LogP contribution is 2.25.